The van der Waals surface area contributed by atoms with Gasteiger partial charge in [-0.3, -0.25) is 0 Å². The molecule has 0 saturated heterocycles. The lowest BCUT2D eigenvalue weighted by molar-refractivity contribution is 0.0165. The van der Waals surface area contributed by atoms with Crippen LogP contribution in [0, 0.1) is 5.92 Å². The fourth-order valence-corrected chi connectivity index (χ4v) is 2.05. The van der Waals surface area contributed by atoms with E-state index in [1.165, 1.54) is 6.33 Å². The second kappa shape index (κ2) is 7.44. The van der Waals surface area contributed by atoms with Crippen LogP contribution in [0.2, 0.25) is 0 Å². The largest absolute Gasteiger partial charge is 0.388 e. The number of hydrogen-bond acceptors (Lipinski definition) is 4. The summed E-state index contributed by atoms with van der Waals surface area (Å²) < 4.78 is 1.67. The molecule has 2 atom stereocenters. The summed E-state index contributed by atoms with van der Waals surface area (Å²) >= 11 is 0. The average Bonchev–Trinajstić information content (AvgIpc) is 3.07. The predicted octanol–water partition coefficient (Wildman–Crippen LogP) is 2.03. The fraction of sp³-hybridized carbons (Fsp3) is 0.471. The average molecular weight is 331 g/mol. The molecule has 0 radical (unpaired) electrons. The molecule has 2 amide bonds. The smallest absolute Gasteiger partial charge is 0.315 e. The van der Waals surface area contributed by atoms with Crippen LogP contribution in [0.25, 0.3) is 5.69 Å². The van der Waals surface area contributed by atoms with E-state index in [0.29, 0.717) is 0 Å². The van der Waals surface area contributed by atoms with Crippen LogP contribution >= 0.6 is 0 Å². The summed E-state index contributed by atoms with van der Waals surface area (Å²) in [7, 11) is 0. The number of aliphatic hydroxyl groups is 1. The van der Waals surface area contributed by atoms with E-state index >= 15 is 0 Å². The minimum absolute atomic E-state index is 0.0551. The summed E-state index contributed by atoms with van der Waals surface area (Å²) in [4.78, 5) is 15.9. The summed E-state index contributed by atoms with van der Waals surface area (Å²) in [6.45, 7) is 7.65. The number of carbonyl (C=O) groups excluding carboxylic acids is 1. The van der Waals surface area contributed by atoms with Gasteiger partial charge in [0.2, 0.25) is 0 Å². The van der Waals surface area contributed by atoms with Crippen molar-refractivity contribution in [3.63, 3.8) is 0 Å². The Hall–Kier alpha value is -2.41. The maximum Gasteiger partial charge on any atom is 0.315 e. The van der Waals surface area contributed by atoms with Crippen molar-refractivity contribution in [3.05, 3.63) is 42.5 Å². The first kappa shape index (κ1) is 17.9. The molecule has 0 saturated carbocycles. The highest BCUT2D eigenvalue weighted by atomic mass is 16.3. The summed E-state index contributed by atoms with van der Waals surface area (Å²) in [5, 5.41) is 19.8. The van der Waals surface area contributed by atoms with Crippen LogP contribution in [-0.4, -0.2) is 38.0 Å². The predicted molar refractivity (Wildman–Crippen MR) is 91.8 cm³/mol. The van der Waals surface area contributed by atoms with E-state index in [1.807, 2.05) is 45.0 Å². The van der Waals surface area contributed by atoms with E-state index in [-0.39, 0.29) is 24.5 Å². The number of nitrogens with zero attached hydrogens (tertiary/aromatic N) is 3. The monoisotopic (exact) mass is 331 g/mol. The van der Waals surface area contributed by atoms with Crippen molar-refractivity contribution >= 4 is 6.03 Å². The molecule has 7 nitrogen and oxygen atoms in total. The Labute approximate surface area is 142 Å². The van der Waals surface area contributed by atoms with Crippen LogP contribution in [0.1, 0.15) is 39.3 Å². The second-order valence-corrected chi connectivity index (χ2v) is 6.49. The van der Waals surface area contributed by atoms with Crippen LogP contribution in [0.15, 0.2) is 36.9 Å². The molecular weight excluding hydrogens is 306 g/mol. The lowest BCUT2D eigenvalue weighted by Gasteiger charge is -2.28. The molecule has 7 heteroatoms. The Morgan fingerprint density at radius 1 is 1.29 bits per heavy atom. The lowest BCUT2D eigenvalue weighted by Crippen LogP contribution is -2.47. The Morgan fingerprint density at radius 3 is 2.50 bits per heavy atom. The molecule has 3 N–H and O–H groups in total. The molecule has 2 rings (SSSR count). The standard InChI is InChI=1S/C17H25N5O2/c1-12(2)17(4,24)9-19-16(23)21-13(3)14-5-7-15(8-6-14)22-11-18-10-20-22/h5-8,10-13,24H,9H2,1-4H3,(H2,19,21,23). The molecular formula is C17H25N5O2. The first-order valence-corrected chi connectivity index (χ1v) is 8.01. The van der Waals surface area contributed by atoms with Gasteiger partial charge in [-0.25, -0.2) is 14.5 Å². The molecule has 1 heterocycles. The quantitative estimate of drug-likeness (QED) is 0.755. The zero-order valence-electron chi connectivity index (χ0n) is 14.5. The molecule has 1 aromatic heterocycles. The third-order valence-electron chi connectivity index (χ3n) is 4.27. The Bertz CT molecular complexity index is 650. The number of aromatic nitrogens is 3. The van der Waals surface area contributed by atoms with E-state index in [0.717, 1.165) is 11.3 Å². The SMILES string of the molecule is CC(NC(=O)NCC(C)(O)C(C)C)c1ccc(-n2cncn2)cc1. The molecule has 0 spiro atoms. The van der Waals surface area contributed by atoms with Gasteiger partial charge in [0, 0.05) is 6.54 Å². The van der Waals surface area contributed by atoms with Gasteiger partial charge in [0.25, 0.3) is 0 Å². The molecule has 0 bridgehead atoms. The van der Waals surface area contributed by atoms with Crippen molar-refractivity contribution in [2.75, 3.05) is 6.54 Å². The number of rotatable bonds is 6. The summed E-state index contributed by atoms with van der Waals surface area (Å²) in [5.41, 5.74) is 0.950. The maximum absolute atomic E-state index is 12.0. The van der Waals surface area contributed by atoms with Crippen LogP contribution in [0.4, 0.5) is 4.79 Å². The van der Waals surface area contributed by atoms with Crippen LogP contribution < -0.4 is 10.6 Å². The maximum atomic E-state index is 12.0. The molecule has 24 heavy (non-hydrogen) atoms. The van der Waals surface area contributed by atoms with Gasteiger partial charge in [0.15, 0.2) is 0 Å². The van der Waals surface area contributed by atoms with Crippen LogP contribution in [0.5, 0.6) is 0 Å². The van der Waals surface area contributed by atoms with E-state index < -0.39 is 5.60 Å². The van der Waals surface area contributed by atoms with Crippen molar-refractivity contribution in [1.82, 2.24) is 25.4 Å². The number of urea groups is 1. The van der Waals surface area contributed by atoms with E-state index in [4.69, 9.17) is 0 Å². The molecule has 0 fully saturated rings. The van der Waals surface area contributed by atoms with Crippen molar-refractivity contribution in [3.8, 4) is 5.69 Å². The molecule has 0 aliphatic carbocycles. The van der Waals surface area contributed by atoms with Gasteiger partial charge in [0.05, 0.1) is 17.3 Å². The van der Waals surface area contributed by atoms with Gasteiger partial charge in [-0.05, 0) is 37.5 Å². The van der Waals surface area contributed by atoms with Crippen molar-refractivity contribution in [2.45, 2.75) is 39.3 Å². The first-order valence-electron chi connectivity index (χ1n) is 8.01. The molecule has 2 aromatic rings. The Morgan fingerprint density at radius 2 is 1.96 bits per heavy atom. The molecule has 130 valence electrons. The number of hydrogen-bond donors (Lipinski definition) is 3. The lowest BCUT2D eigenvalue weighted by atomic mass is 9.93. The zero-order chi connectivity index (χ0) is 17.7. The van der Waals surface area contributed by atoms with Crippen molar-refractivity contribution in [1.29, 1.82) is 0 Å². The summed E-state index contributed by atoms with van der Waals surface area (Å²) in [6.07, 6.45) is 3.11. The number of amides is 2. The van der Waals surface area contributed by atoms with Gasteiger partial charge in [-0.1, -0.05) is 26.0 Å². The van der Waals surface area contributed by atoms with E-state index in [2.05, 4.69) is 20.7 Å². The summed E-state index contributed by atoms with van der Waals surface area (Å²) in [6, 6.07) is 7.26. The fourth-order valence-electron chi connectivity index (χ4n) is 2.05. The first-order chi connectivity index (χ1) is 11.3. The van der Waals surface area contributed by atoms with Gasteiger partial charge in [0.1, 0.15) is 12.7 Å². The highest BCUT2D eigenvalue weighted by molar-refractivity contribution is 5.74. The Balaban J connectivity index is 1.90. The second-order valence-electron chi connectivity index (χ2n) is 6.49. The third-order valence-corrected chi connectivity index (χ3v) is 4.27. The number of carbonyl (C=O) groups is 1. The number of nitrogens with one attached hydrogen (secondary N) is 2. The minimum Gasteiger partial charge on any atom is -0.388 e. The molecule has 0 aliphatic heterocycles. The third kappa shape index (κ3) is 4.55. The van der Waals surface area contributed by atoms with Crippen LogP contribution in [0.3, 0.4) is 0 Å². The normalized spacial score (nSPS) is 14.9. The molecule has 1 aromatic carbocycles. The van der Waals surface area contributed by atoms with E-state index in [9.17, 15) is 9.90 Å². The highest BCUT2D eigenvalue weighted by Crippen LogP contribution is 2.16. The van der Waals surface area contributed by atoms with Crippen molar-refractivity contribution < 1.29 is 9.90 Å². The molecule has 0 aliphatic rings. The summed E-state index contributed by atoms with van der Waals surface area (Å²) in [5.74, 6) is 0.0551. The number of benzene rings is 1. The van der Waals surface area contributed by atoms with Gasteiger partial charge in [-0.2, -0.15) is 5.10 Å². The van der Waals surface area contributed by atoms with Gasteiger partial charge < -0.3 is 15.7 Å². The van der Waals surface area contributed by atoms with Gasteiger partial charge >= 0.3 is 6.03 Å². The zero-order valence-corrected chi connectivity index (χ0v) is 14.5. The topological polar surface area (TPSA) is 92.1 Å². The Kier molecular flexibility index (Phi) is 5.56. The van der Waals surface area contributed by atoms with Crippen molar-refractivity contribution in [2.24, 2.45) is 5.92 Å². The molecule has 2 unspecified atom stereocenters. The van der Waals surface area contributed by atoms with Gasteiger partial charge in [-0.15, -0.1) is 0 Å². The van der Waals surface area contributed by atoms with E-state index in [1.54, 1.807) is 17.9 Å². The minimum atomic E-state index is -0.931. The highest BCUT2D eigenvalue weighted by Gasteiger charge is 2.25. The van der Waals surface area contributed by atoms with Crippen LogP contribution in [-0.2, 0) is 0 Å².